The minimum atomic E-state index is -0.200. The van der Waals surface area contributed by atoms with Crippen molar-refractivity contribution >= 4 is 17.5 Å². The van der Waals surface area contributed by atoms with E-state index in [4.69, 9.17) is 20.8 Å². The second-order valence-corrected chi connectivity index (χ2v) is 7.48. The van der Waals surface area contributed by atoms with Crippen LogP contribution in [0.25, 0.3) is 0 Å². The number of carbonyl (C=O) groups is 1. The molecule has 3 heterocycles. The number of likely N-dealkylation sites (tertiary alicyclic amines) is 1. The number of halogens is 1. The quantitative estimate of drug-likeness (QED) is 0.609. The largest absolute Gasteiger partial charge is 0.480 e. The van der Waals surface area contributed by atoms with Crippen molar-refractivity contribution in [3.63, 3.8) is 0 Å². The summed E-state index contributed by atoms with van der Waals surface area (Å²) in [6.45, 7) is 0.646. The average molecular weight is 412 g/mol. The molecule has 29 heavy (non-hydrogen) atoms. The SMILES string of the molecule is COc1ncccc1C(=O)N1CCCCC1c1ncc(Cc2cccc(Cl)c2)o1. The molecule has 0 N–H and O–H groups in total. The number of ether oxygens (including phenoxy) is 1. The molecule has 150 valence electrons. The second-order valence-electron chi connectivity index (χ2n) is 7.04. The summed E-state index contributed by atoms with van der Waals surface area (Å²) in [7, 11) is 1.52. The highest BCUT2D eigenvalue weighted by Crippen LogP contribution is 2.33. The van der Waals surface area contributed by atoms with E-state index in [1.165, 1.54) is 7.11 Å². The maximum Gasteiger partial charge on any atom is 0.260 e. The van der Waals surface area contributed by atoms with Gasteiger partial charge < -0.3 is 14.1 Å². The van der Waals surface area contributed by atoms with Crippen molar-refractivity contribution < 1.29 is 13.9 Å². The highest BCUT2D eigenvalue weighted by atomic mass is 35.5. The van der Waals surface area contributed by atoms with Crippen molar-refractivity contribution in [2.45, 2.75) is 31.7 Å². The molecule has 4 rings (SSSR count). The summed E-state index contributed by atoms with van der Waals surface area (Å²) in [4.78, 5) is 23.7. The van der Waals surface area contributed by atoms with Gasteiger partial charge in [0.05, 0.1) is 13.3 Å². The summed E-state index contributed by atoms with van der Waals surface area (Å²) in [6, 6.07) is 10.9. The number of methoxy groups -OCH3 is 1. The molecule has 1 amide bonds. The first-order valence-corrected chi connectivity index (χ1v) is 10.0. The highest BCUT2D eigenvalue weighted by Gasteiger charge is 2.33. The van der Waals surface area contributed by atoms with Crippen LogP contribution in [0.5, 0.6) is 5.88 Å². The first-order valence-electron chi connectivity index (χ1n) is 9.64. The van der Waals surface area contributed by atoms with E-state index in [2.05, 4.69) is 9.97 Å². The lowest BCUT2D eigenvalue weighted by atomic mass is 10.0. The number of oxazole rings is 1. The fourth-order valence-electron chi connectivity index (χ4n) is 3.71. The van der Waals surface area contributed by atoms with Gasteiger partial charge in [-0.1, -0.05) is 23.7 Å². The molecular weight excluding hydrogens is 390 g/mol. The zero-order valence-electron chi connectivity index (χ0n) is 16.2. The number of pyridine rings is 1. The summed E-state index contributed by atoms with van der Waals surface area (Å²) < 4.78 is 11.3. The van der Waals surface area contributed by atoms with Crippen LogP contribution in [0, 0.1) is 0 Å². The maximum absolute atomic E-state index is 13.2. The van der Waals surface area contributed by atoms with E-state index in [1.807, 2.05) is 29.2 Å². The second kappa shape index (κ2) is 8.66. The third kappa shape index (κ3) is 4.27. The smallest absolute Gasteiger partial charge is 0.260 e. The van der Waals surface area contributed by atoms with Crippen LogP contribution in [-0.4, -0.2) is 34.4 Å². The van der Waals surface area contributed by atoms with E-state index < -0.39 is 0 Å². The van der Waals surface area contributed by atoms with Crippen molar-refractivity contribution in [2.24, 2.45) is 0 Å². The normalized spacial score (nSPS) is 16.6. The summed E-state index contributed by atoms with van der Waals surface area (Å²) in [5.74, 6) is 1.53. The van der Waals surface area contributed by atoms with E-state index in [-0.39, 0.29) is 11.9 Å². The van der Waals surface area contributed by atoms with Gasteiger partial charge in [-0.2, -0.15) is 0 Å². The number of amides is 1. The van der Waals surface area contributed by atoms with Crippen LogP contribution >= 0.6 is 11.6 Å². The molecule has 0 radical (unpaired) electrons. The Kier molecular flexibility index (Phi) is 5.81. The molecule has 1 aliphatic heterocycles. The van der Waals surface area contributed by atoms with Crippen LogP contribution in [0.15, 0.2) is 53.2 Å². The molecule has 7 heteroatoms. The van der Waals surface area contributed by atoms with Crippen molar-refractivity contribution in [1.29, 1.82) is 0 Å². The number of piperidine rings is 1. The van der Waals surface area contributed by atoms with Gasteiger partial charge >= 0.3 is 0 Å². The Balaban J connectivity index is 1.56. The Hall–Kier alpha value is -2.86. The number of hydrogen-bond acceptors (Lipinski definition) is 5. The number of hydrogen-bond donors (Lipinski definition) is 0. The van der Waals surface area contributed by atoms with Crippen LogP contribution in [0.3, 0.4) is 0 Å². The topological polar surface area (TPSA) is 68.5 Å². The average Bonchev–Trinajstić information content (AvgIpc) is 3.21. The van der Waals surface area contributed by atoms with Gasteiger partial charge in [-0.15, -0.1) is 0 Å². The number of carbonyl (C=O) groups excluding carboxylic acids is 1. The fraction of sp³-hybridized carbons (Fsp3) is 0.318. The Morgan fingerprint density at radius 1 is 1.28 bits per heavy atom. The molecular formula is C22H22ClN3O3. The van der Waals surface area contributed by atoms with E-state index in [9.17, 15) is 4.79 Å². The zero-order valence-corrected chi connectivity index (χ0v) is 16.9. The van der Waals surface area contributed by atoms with Crippen molar-refractivity contribution in [3.05, 3.63) is 76.6 Å². The molecule has 1 aromatic carbocycles. The summed E-state index contributed by atoms with van der Waals surface area (Å²) in [6.07, 6.45) is 6.72. The third-order valence-electron chi connectivity index (χ3n) is 5.08. The van der Waals surface area contributed by atoms with Gasteiger partial charge in [-0.3, -0.25) is 4.79 Å². The number of aromatic nitrogens is 2. The van der Waals surface area contributed by atoms with Crippen LogP contribution in [0.4, 0.5) is 0 Å². The first-order chi connectivity index (χ1) is 14.2. The molecule has 0 aliphatic carbocycles. The van der Waals surface area contributed by atoms with Crippen LogP contribution in [0.1, 0.15) is 52.9 Å². The van der Waals surface area contributed by atoms with Gasteiger partial charge in [0.15, 0.2) is 0 Å². The predicted molar refractivity (Wildman–Crippen MR) is 109 cm³/mol. The molecule has 0 bridgehead atoms. The number of rotatable bonds is 5. The molecule has 2 aromatic heterocycles. The Morgan fingerprint density at radius 3 is 3.00 bits per heavy atom. The van der Waals surface area contributed by atoms with Gasteiger partial charge in [-0.25, -0.2) is 9.97 Å². The summed E-state index contributed by atoms with van der Waals surface area (Å²) in [5.41, 5.74) is 1.50. The van der Waals surface area contributed by atoms with E-state index in [0.29, 0.717) is 35.3 Å². The first kappa shape index (κ1) is 19.5. The Labute approximate surface area is 174 Å². The highest BCUT2D eigenvalue weighted by molar-refractivity contribution is 6.30. The molecule has 0 spiro atoms. The molecule has 1 atom stereocenters. The van der Waals surface area contributed by atoms with Gasteiger partial charge in [-0.05, 0) is 49.1 Å². The molecule has 1 aliphatic rings. The van der Waals surface area contributed by atoms with Gasteiger partial charge in [0.25, 0.3) is 5.91 Å². The Morgan fingerprint density at radius 2 is 2.17 bits per heavy atom. The van der Waals surface area contributed by atoms with Crippen molar-refractivity contribution in [3.8, 4) is 5.88 Å². The molecule has 3 aromatic rings. The third-order valence-corrected chi connectivity index (χ3v) is 5.32. The monoisotopic (exact) mass is 411 g/mol. The molecule has 0 saturated carbocycles. The minimum Gasteiger partial charge on any atom is -0.480 e. The standard InChI is InChI=1S/C22H22ClN3O3/c1-28-20-18(8-5-10-24-20)22(27)26-11-3-2-9-19(26)21-25-14-17(29-21)13-15-6-4-7-16(23)12-15/h4-8,10,12,14,19H,2-3,9,11,13H2,1H3. The predicted octanol–water partition coefficient (Wildman–Crippen LogP) is 4.69. The zero-order chi connectivity index (χ0) is 20.2. The fourth-order valence-corrected chi connectivity index (χ4v) is 3.92. The number of nitrogens with zero attached hydrogens (tertiary/aromatic N) is 3. The minimum absolute atomic E-state index is 0.116. The summed E-state index contributed by atoms with van der Waals surface area (Å²) in [5, 5.41) is 0.691. The van der Waals surface area contributed by atoms with Crippen molar-refractivity contribution in [2.75, 3.05) is 13.7 Å². The number of benzene rings is 1. The van der Waals surface area contributed by atoms with Crippen LogP contribution in [0.2, 0.25) is 5.02 Å². The molecule has 1 fully saturated rings. The van der Waals surface area contributed by atoms with E-state index >= 15 is 0 Å². The van der Waals surface area contributed by atoms with Crippen molar-refractivity contribution in [1.82, 2.24) is 14.9 Å². The van der Waals surface area contributed by atoms with Crippen LogP contribution in [-0.2, 0) is 6.42 Å². The van der Waals surface area contributed by atoms with Gasteiger partial charge in [0.2, 0.25) is 11.8 Å². The Bertz CT molecular complexity index is 1000. The maximum atomic E-state index is 13.2. The van der Waals surface area contributed by atoms with E-state index in [0.717, 1.165) is 30.6 Å². The summed E-state index contributed by atoms with van der Waals surface area (Å²) >= 11 is 6.07. The van der Waals surface area contributed by atoms with E-state index in [1.54, 1.807) is 24.5 Å². The van der Waals surface area contributed by atoms with Crippen LogP contribution < -0.4 is 4.74 Å². The lowest BCUT2D eigenvalue weighted by Crippen LogP contribution is -2.38. The van der Waals surface area contributed by atoms with Gasteiger partial charge in [0, 0.05) is 24.2 Å². The van der Waals surface area contributed by atoms with Gasteiger partial charge in [0.1, 0.15) is 17.4 Å². The molecule has 1 unspecified atom stereocenters. The lowest BCUT2D eigenvalue weighted by molar-refractivity contribution is 0.0566. The lowest BCUT2D eigenvalue weighted by Gasteiger charge is -2.34. The molecule has 6 nitrogen and oxygen atoms in total. The molecule has 1 saturated heterocycles.